The van der Waals surface area contributed by atoms with Crippen molar-refractivity contribution in [1.82, 2.24) is 5.32 Å². The highest BCUT2D eigenvalue weighted by molar-refractivity contribution is 7.85. The molecule has 94 valence electrons. The smallest absolute Gasteiger partial charge is 0.232 e. The summed E-state index contributed by atoms with van der Waals surface area (Å²) in [5, 5.41) is 11.5. The highest BCUT2D eigenvalue weighted by Crippen LogP contribution is 2.17. The molecule has 1 aliphatic carbocycles. The van der Waals surface area contributed by atoms with E-state index in [0.717, 1.165) is 12.8 Å². The summed E-state index contributed by atoms with van der Waals surface area (Å²) in [7, 11) is -1.13. The fourth-order valence-electron chi connectivity index (χ4n) is 1.96. The number of nitrogens with one attached hydrogen (secondary N) is 1. The van der Waals surface area contributed by atoms with Gasteiger partial charge in [0.1, 0.15) is 5.75 Å². The van der Waals surface area contributed by atoms with Crippen molar-refractivity contribution < 1.29 is 14.1 Å². The van der Waals surface area contributed by atoms with Crippen molar-refractivity contribution in [1.29, 1.82) is 0 Å². The molecule has 0 saturated heterocycles. The van der Waals surface area contributed by atoms with Crippen LogP contribution in [0.1, 0.15) is 38.5 Å². The SMILES string of the molecule is O=C(CS(=O)CCCO)NC1CCCCC1. The minimum Gasteiger partial charge on any atom is -0.396 e. The van der Waals surface area contributed by atoms with Gasteiger partial charge in [-0.3, -0.25) is 9.00 Å². The normalized spacial score (nSPS) is 19.3. The van der Waals surface area contributed by atoms with Crippen molar-refractivity contribution in [3.63, 3.8) is 0 Å². The molecule has 0 bridgehead atoms. The summed E-state index contributed by atoms with van der Waals surface area (Å²) in [5.74, 6) is 0.383. The van der Waals surface area contributed by atoms with Crippen molar-refractivity contribution in [2.45, 2.75) is 44.6 Å². The number of aliphatic hydroxyl groups excluding tert-OH is 1. The molecular weight excluding hydrogens is 226 g/mol. The van der Waals surface area contributed by atoms with E-state index in [9.17, 15) is 9.00 Å². The van der Waals surface area contributed by atoms with Gasteiger partial charge >= 0.3 is 0 Å². The molecule has 16 heavy (non-hydrogen) atoms. The third-order valence-electron chi connectivity index (χ3n) is 2.79. The van der Waals surface area contributed by atoms with Crippen LogP contribution in [-0.4, -0.2) is 39.4 Å². The predicted octanol–water partition coefficient (Wildman–Crippen LogP) is 0.566. The summed E-state index contributed by atoms with van der Waals surface area (Å²) in [4.78, 5) is 11.5. The standard InChI is InChI=1S/C11H21NO3S/c13-7-4-8-16(15)9-11(14)12-10-5-2-1-3-6-10/h10,13H,1-9H2,(H,12,14). The van der Waals surface area contributed by atoms with Crippen LogP contribution in [0.25, 0.3) is 0 Å². The van der Waals surface area contributed by atoms with E-state index in [0.29, 0.717) is 12.2 Å². The Morgan fingerprint density at radius 2 is 2.00 bits per heavy atom. The van der Waals surface area contributed by atoms with Crippen molar-refractivity contribution in [3.8, 4) is 0 Å². The molecule has 1 aliphatic rings. The molecule has 1 saturated carbocycles. The number of amides is 1. The molecule has 0 aromatic rings. The molecule has 0 aliphatic heterocycles. The van der Waals surface area contributed by atoms with E-state index >= 15 is 0 Å². The molecule has 4 nitrogen and oxygen atoms in total. The zero-order valence-corrected chi connectivity index (χ0v) is 10.4. The van der Waals surface area contributed by atoms with Gasteiger partial charge in [-0.2, -0.15) is 0 Å². The number of carbonyl (C=O) groups is 1. The van der Waals surface area contributed by atoms with Gasteiger partial charge in [-0.1, -0.05) is 19.3 Å². The number of hydrogen-bond donors (Lipinski definition) is 2. The Morgan fingerprint density at radius 3 is 2.62 bits per heavy atom. The van der Waals surface area contributed by atoms with E-state index in [-0.39, 0.29) is 24.3 Å². The van der Waals surface area contributed by atoms with Gasteiger partial charge in [-0.05, 0) is 19.3 Å². The largest absolute Gasteiger partial charge is 0.396 e. The average molecular weight is 247 g/mol. The second-order valence-electron chi connectivity index (χ2n) is 4.27. The fraction of sp³-hybridized carbons (Fsp3) is 0.909. The highest BCUT2D eigenvalue weighted by atomic mass is 32.2. The zero-order valence-electron chi connectivity index (χ0n) is 9.61. The van der Waals surface area contributed by atoms with Crippen LogP contribution in [-0.2, 0) is 15.6 Å². The quantitative estimate of drug-likeness (QED) is 0.721. The van der Waals surface area contributed by atoms with Crippen LogP contribution < -0.4 is 5.32 Å². The first kappa shape index (κ1) is 13.6. The van der Waals surface area contributed by atoms with Gasteiger partial charge < -0.3 is 10.4 Å². The molecule has 1 atom stereocenters. The summed E-state index contributed by atoms with van der Waals surface area (Å²) >= 11 is 0. The Labute approximate surface area is 99.3 Å². The van der Waals surface area contributed by atoms with E-state index in [1.165, 1.54) is 19.3 Å². The molecule has 0 heterocycles. The number of rotatable bonds is 6. The second-order valence-corrected chi connectivity index (χ2v) is 5.84. The van der Waals surface area contributed by atoms with E-state index in [2.05, 4.69) is 5.32 Å². The average Bonchev–Trinajstić information content (AvgIpc) is 2.27. The van der Waals surface area contributed by atoms with Gasteiger partial charge in [-0.15, -0.1) is 0 Å². The maximum Gasteiger partial charge on any atom is 0.232 e. The monoisotopic (exact) mass is 247 g/mol. The second kappa shape index (κ2) is 7.79. The maximum absolute atomic E-state index is 11.5. The van der Waals surface area contributed by atoms with Crippen LogP contribution >= 0.6 is 0 Å². The van der Waals surface area contributed by atoms with Crippen LogP contribution in [0.3, 0.4) is 0 Å². The molecule has 0 aromatic heterocycles. The lowest BCUT2D eigenvalue weighted by Gasteiger charge is -2.22. The Bertz CT molecular complexity index is 239. The Hall–Kier alpha value is -0.420. The molecule has 1 amide bonds. The lowest BCUT2D eigenvalue weighted by molar-refractivity contribution is -0.119. The van der Waals surface area contributed by atoms with Crippen LogP contribution in [0.5, 0.6) is 0 Å². The van der Waals surface area contributed by atoms with E-state index < -0.39 is 10.8 Å². The lowest BCUT2D eigenvalue weighted by atomic mass is 9.95. The molecule has 1 fully saturated rings. The third kappa shape index (κ3) is 5.61. The van der Waals surface area contributed by atoms with Gasteiger partial charge in [-0.25, -0.2) is 0 Å². The zero-order chi connectivity index (χ0) is 11.8. The summed E-state index contributed by atoms with van der Waals surface area (Å²) in [6, 6.07) is 0.288. The molecule has 1 unspecified atom stereocenters. The van der Waals surface area contributed by atoms with E-state index in [1.807, 2.05) is 0 Å². The van der Waals surface area contributed by atoms with Crippen LogP contribution in [0.15, 0.2) is 0 Å². The van der Waals surface area contributed by atoms with Crippen molar-refractivity contribution in [2.24, 2.45) is 0 Å². The molecule has 0 aromatic carbocycles. The van der Waals surface area contributed by atoms with E-state index in [4.69, 9.17) is 5.11 Å². The van der Waals surface area contributed by atoms with Gasteiger partial charge in [0.2, 0.25) is 5.91 Å². The summed E-state index contributed by atoms with van der Waals surface area (Å²) in [5.41, 5.74) is 0. The van der Waals surface area contributed by atoms with Gasteiger partial charge in [0.05, 0.1) is 0 Å². The Balaban J connectivity index is 2.16. The summed E-state index contributed by atoms with van der Waals surface area (Å²) in [6.45, 7) is 0.0377. The first-order valence-corrected chi connectivity index (χ1v) is 7.46. The maximum atomic E-state index is 11.5. The van der Waals surface area contributed by atoms with Crippen LogP contribution in [0, 0.1) is 0 Å². The minimum atomic E-state index is -1.13. The molecule has 5 heteroatoms. The summed E-state index contributed by atoms with van der Waals surface area (Å²) < 4.78 is 11.4. The molecular formula is C11H21NO3S. The molecule has 1 rings (SSSR count). The fourth-order valence-corrected chi connectivity index (χ4v) is 2.93. The van der Waals surface area contributed by atoms with Crippen LogP contribution in [0.4, 0.5) is 0 Å². The van der Waals surface area contributed by atoms with Crippen LogP contribution in [0.2, 0.25) is 0 Å². The van der Waals surface area contributed by atoms with E-state index in [1.54, 1.807) is 0 Å². The van der Waals surface area contributed by atoms with Crippen molar-refractivity contribution in [2.75, 3.05) is 18.1 Å². The number of carbonyl (C=O) groups excluding carboxylic acids is 1. The van der Waals surface area contributed by atoms with Gasteiger partial charge in [0.25, 0.3) is 0 Å². The Kier molecular flexibility index (Phi) is 6.64. The Morgan fingerprint density at radius 1 is 1.31 bits per heavy atom. The minimum absolute atomic E-state index is 0.0377. The lowest BCUT2D eigenvalue weighted by Crippen LogP contribution is -2.38. The number of hydrogen-bond acceptors (Lipinski definition) is 3. The molecule has 0 radical (unpaired) electrons. The highest BCUT2D eigenvalue weighted by Gasteiger charge is 2.16. The first-order valence-electron chi connectivity index (χ1n) is 5.97. The third-order valence-corrected chi connectivity index (χ3v) is 4.12. The summed E-state index contributed by atoms with van der Waals surface area (Å²) in [6.07, 6.45) is 6.22. The van der Waals surface area contributed by atoms with Crippen molar-refractivity contribution in [3.05, 3.63) is 0 Å². The molecule has 0 spiro atoms. The first-order chi connectivity index (χ1) is 7.72. The van der Waals surface area contributed by atoms with Gasteiger partial charge in [0.15, 0.2) is 0 Å². The predicted molar refractivity (Wildman–Crippen MR) is 64.6 cm³/mol. The molecule has 2 N–H and O–H groups in total. The number of aliphatic hydroxyl groups is 1. The van der Waals surface area contributed by atoms with Gasteiger partial charge in [0, 0.05) is 29.2 Å². The topological polar surface area (TPSA) is 66.4 Å². The van der Waals surface area contributed by atoms with Crippen molar-refractivity contribution >= 4 is 16.7 Å².